The number of aliphatic hydroxyl groups is 1. The highest BCUT2D eigenvalue weighted by Crippen LogP contribution is 2.28. The van der Waals surface area contributed by atoms with Crippen molar-refractivity contribution in [2.45, 2.75) is 46.0 Å². The Morgan fingerprint density at radius 2 is 2.06 bits per heavy atom. The number of rotatable bonds is 3. The van der Waals surface area contributed by atoms with Crippen LogP contribution in [0.3, 0.4) is 0 Å². The van der Waals surface area contributed by atoms with E-state index in [9.17, 15) is 9.90 Å². The molecule has 0 fully saturated rings. The van der Waals surface area contributed by atoms with E-state index in [2.05, 4.69) is 0 Å². The minimum atomic E-state index is -0.920. The molecule has 0 saturated heterocycles. The highest BCUT2D eigenvalue weighted by molar-refractivity contribution is 5.89. The van der Waals surface area contributed by atoms with E-state index in [0.717, 1.165) is 0 Å². The molecule has 4 nitrogen and oxygen atoms in total. The van der Waals surface area contributed by atoms with Crippen molar-refractivity contribution < 1.29 is 19.4 Å². The van der Waals surface area contributed by atoms with Crippen LogP contribution in [0.25, 0.3) is 0 Å². The molecule has 1 heterocycles. The third-order valence-corrected chi connectivity index (χ3v) is 2.24. The van der Waals surface area contributed by atoms with Gasteiger partial charge in [0.15, 0.2) is 0 Å². The lowest BCUT2D eigenvalue weighted by atomic mass is 10.1. The quantitative estimate of drug-likeness (QED) is 0.590. The van der Waals surface area contributed by atoms with Crippen LogP contribution in [0.5, 0.6) is 0 Å². The number of carbonyl (C=O) groups excluding carboxylic acids is 1. The summed E-state index contributed by atoms with van der Waals surface area (Å²) in [7, 11) is 0. The molecule has 1 N–H and O–H groups in total. The average molecular weight is 226 g/mol. The van der Waals surface area contributed by atoms with E-state index in [1.54, 1.807) is 32.9 Å². The maximum Gasteiger partial charge on any atom is 0.340 e. The van der Waals surface area contributed by atoms with Crippen molar-refractivity contribution in [3.8, 4) is 0 Å². The summed E-state index contributed by atoms with van der Waals surface area (Å²) in [6.45, 7) is 6.87. The second-order valence-electron chi connectivity index (χ2n) is 4.22. The Hall–Kier alpha value is -1.29. The topological polar surface area (TPSA) is 55.8 Å². The van der Waals surface area contributed by atoms with Crippen LogP contribution in [-0.2, 0) is 14.3 Å². The van der Waals surface area contributed by atoms with Crippen LogP contribution >= 0.6 is 0 Å². The zero-order valence-electron chi connectivity index (χ0n) is 10.1. The van der Waals surface area contributed by atoms with Gasteiger partial charge >= 0.3 is 5.97 Å². The first-order chi connectivity index (χ1) is 7.35. The van der Waals surface area contributed by atoms with E-state index in [0.29, 0.717) is 11.3 Å². The molecule has 4 heteroatoms. The van der Waals surface area contributed by atoms with Crippen LogP contribution in [0, 0.1) is 0 Å². The lowest BCUT2D eigenvalue weighted by Gasteiger charge is -2.32. The van der Waals surface area contributed by atoms with Crippen LogP contribution in [0.2, 0.25) is 0 Å². The van der Waals surface area contributed by atoms with Crippen molar-refractivity contribution >= 4 is 5.97 Å². The molecule has 0 aromatic heterocycles. The van der Waals surface area contributed by atoms with E-state index in [1.165, 1.54) is 0 Å². The summed E-state index contributed by atoms with van der Waals surface area (Å²) < 4.78 is 10.5. The molecule has 0 aromatic carbocycles. The summed E-state index contributed by atoms with van der Waals surface area (Å²) in [5, 5.41) is 9.58. The molecule has 0 amide bonds. The standard InChI is InChI=1S/C12H18O4/c1-5-6-9(13)7-10-8(2)15-12(3,4)16-11(10)14/h5-6,9,13H,7H2,1-4H3/b6-5+. The molecule has 0 bridgehead atoms. The Balaban J connectivity index is 2.83. The van der Waals surface area contributed by atoms with Gasteiger partial charge in [0.2, 0.25) is 5.79 Å². The van der Waals surface area contributed by atoms with E-state index in [-0.39, 0.29) is 6.42 Å². The maximum atomic E-state index is 11.7. The van der Waals surface area contributed by atoms with Crippen LogP contribution in [0.1, 0.15) is 34.1 Å². The SMILES string of the molecule is C/C=C/C(O)CC1=C(C)OC(C)(C)OC1=O. The first-order valence-corrected chi connectivity index (χ1v) is 5.28. The summed E-state index contributed by atoms with van der Waals surface area (Å²) >= 11 is 0. The molecule has 1 rings (SSSR count). The molecule has 1 unspecified atom stereocenters. The number of ether oxygens (including phenoxy) is 2. The molecule has 1 aliphatic heterocycles. The first-order valence-electron chi connectivity index (χ1n) is 5.28. The number of esters is 1. The smallest absolute Gasteiger partial charge is 0.340 e. The van der Waals surface area contributed by atoms with E-state index in [1.807, 2.05) is 6.92 Å². The number of allylic oxidation sites excluding steroid dienone is 2. The van der Waals surface area contributed by atoms with Crippen molar-refractivity contribution in [1.29, 1.82) is 0 Å². The number of hydrogen-bond donors (Lipinski definition) is 1. The highest BCUT2D eigenvalue weighted by Gasteiger charge is 2.34. The maximum absolute atomic E-state index is 11.7. The fraction of sp³-hybridized carbons (Fsp3) is 0.583. The van der Waals surface area contributed by atoms with Crippen LogP contribution < -0.4 is 0 Å². The minimum Gasteiger partial charge on any atom is -0.457 e. The zero-order chi connectivity index (χ0) is 12.3. The van der Waals surface area contributed by atoms with Gasteiger partial charge in [0.05, 0.1) is 11.7 Å². The van der Waals surface area contributed by atoms with Crippen molar-refractivity contribution in [3.05, 3.63) is 23.5 Å². The fourth-order valence-corrected chi connectivity index (χ4v) is 1.61. The molecule has 0 saturated carbocycles. The van der Waals surface area contributed by atoms with Gasteiger partial charge in [0, 0.05) is 20.3 Å². The third-order valence-electron chi connectivity index (χ3n) is 2.24. The van der Waals surface area contributed by atoms with Crippen molar-refractivity contribution in [2.75, 3.05) is 0 Å². The summed E-state index contributed by atoms with van der Waals surface area (Å²) in [5.41, 5.74) is 0.393. The van der Waals surface area contributed by atoms with E-state index >= 15 is 0 Å². The third kappa shape index (κ3) is 3.10. The van der Waals surface area contributed by atoms with Gasteiger partial charge in [-0.15, -0.1) is 0 Å². The summed E-state index contributed by atoms with van der Waals surface area (Å²) in [6, 6.07) is 0. The second-order valence-corrected chi connectivity index (χ2v) is 4.22. The van der Waals surface area contributed by atoms with Gasteiger partial charge in [-0.05, 0) is 13.8 Å². The number of hydrogen-bond acceptors (Lipinski definition) is 4. The van der Waals surface area contributed by atoms with Crippen molar-refractivity contribution in [2.24, 2.45) is 0 Å². The Bertz CT molecular complexity index is 339. The number of carbonyl (C=O) groups is 1. The van der Waals surface area contributed by atoms with Crippen molar-refractivity contribution in [3.63, 3.8) is 0 Å². The van der Waals surface area contributed by atoms with Gasteiger partial charge in [0.1, 0.15) is 5.76 Å². The second kappa shape index (κ2) is 4.70. The molecule has 0 aliphatic carbocycles. The Kier molecular flexibility index (Phi) is 3.75. The molecule has 0 radical (unpaired) electrons. The largest absolute Gasteiger partial charge is 0.457 e. The van der Waals surface area contributed by atoms with Gasteiger partial charge in [-0.25, -0.2) is 4.79 Å². The van der Waals surface area contributed by atoms with Crippen LogP contribution in [-0.4, -0.2) is 23.0 Å². The molecule has 1 aliphatic rings. The molecule has 90 valence electrons. The highest BCUT2D eigenvalue weighted by atomic mass is 16.7. The Morgan fingerprint density at radius 1 is 1.44 bits per heavy atom. The fourth-order valence-electron chi connectivity index (χ4n) is 1.61. The van der Waals surface area contributed by atoms with Gasteiger partial charge in [-0.1, -0.05) is 12.2 Å². The average Bonchev–Trinajstić information content (AvgIpc) is 2.10. The van der Waals surface area contributed by atoms with Gasteiger partial charge in [0.25, 0.3) is 0 Å². The minimum absolute atomic E-state index is 0.213. The summed E-state index contributed by atoms with van der Waals surface area (Å²) in [4.78, 5) is 11.7. The van der Waals surface area contributed by atoms with Gasteiger partial charge < -0.3 is 14.6 Å². The lowest BCUT2D eigenvalue weighted by Crippen LogP contribution is -2.37. The van der Waals surface area contributed by atoms with Crippen LogP contribution in [0.4, 0.5) is 0 Å². The normalized spacial score (nSPS) is 21.9. The molecular weight excluding hydrogens is 208 g/mol. The molecule has 0 spiro atoms. The summed E-state index contributed by atoms with van der Waals surface area (Å²) in [6.07, 6.45) is 2.88. The van der Waals surface area contributed by atoms with Crippen LogP contribution in [0.15, 0.2) is 23.5 Å². The van der Waals surface area contributed by atoms with Gasteiger partial charge in [-0.3, -0.25) is 0 Å². The molecular formula is C12H18O4. The zero-order valence-corrected chi connectivity index (χ0v) is 10.1. The Labute approximate surface area is 95.6 Å². The molecule has 16 heavy (non-hydrogen) atoms. The Morgan fingerprint density at radius 3 is 2.56 bits per heavy atom. The number of aliphatic hydroxyl groups excluding tert-OH is 1. The first kappa shape index (κ1) is 12.8. The lowest BCUT2D eigenvalue weighted by molar-refractivity contribution is -0.207. The van der Waals surface area contributed by atoms with Crippen molar-refractivity contribution in [1.82, 2.24) is 0 Å². The van der Waals surface area contributed by atoms with E-state index in [4.69, 9.17) is 9.47 Å². The monoisotopic (exact) mass is 226 g/mol. The molecule has 0 aromatic rings. The van der Waals surface area contributed by atoms with E-state index < -0.39 is 17.9 Å². The molecule has 1 atom stereocenters. The summed E-state index contributed by atoms with van der Waals surface area (Å²) in [5.74, 6) is -0.821. The predicted molar refractivity (Wildman–Crippen MR) is 59.4 cm³/mol. The van der Waals surface area contributed by atoms with Gasteiger partial charge in [-0.2, -0.15) is 0 Å². The number of cyclic esters (lactones) is 1. The predicted octanol–water partition coefficient (Wildman–Crippen LogP) is 1.90.